The monoisotopic (exact) mass is 202 g/mol. The van der Waals surface area contributed by atoms with Crippen molar-refractivity contribution in [1.29, 1.82) is 5.26 Å². The topological polar surface area (TPSA) is 45.0 Å². The van der Waals surface area contributed by atoms with Crippen LogP contribution < -0.4 is 10.1 Å². The SMILES string of the molecule is CC(CC#N)NC1COc2ccccc21. The van der Waals surface area contributed by atoms with E-state index in [9.17, 15) is 0 Å². The third kappa shape index (κ3) is 2.11. The van der Waals surface area contributed by atoms with E-state index in [4.69, 9.17) is 10.00 Å². The molecule has 1 heterocycles. The second kappa shape index (κ2) is 4.33. The molecule has 0 saturated carbocycles. The molecule has 2 rings (SSSR count). The van der Waals surface area contributed by atoms with Gasteiger partial charge in [-0.1, -0.05) is 18.2 Å². The average Bonchev–Trinajstić information content (AvgIpc) is 2.62. The van der Waals surface area contributed by atoms with E-state index >= 15 is 0 Å². The molecule has 0 saturated heterocycles. The largest absolute Gasteiger partial charge is 0.491 e. The van der Waals surface area contributed by atoms with Crippen molar-refractivity contribution in [3.8, 4) is 11.8 Å². The summed E-state index contributed by atoms with van der Waals surface area (Å²) in [6.45, 7) is 2.68. The highest BCUT2D eigenvalue weighted by atomic mass is 16.5. The highest BCUT2D eigenvalue weighted by Gasteiger charge is 2.24. The van der Waals surface area contributed by atoms with Crippen molar-refractivity contribution in [1.82, 2.24) is 5.32 Å². The normalized spacial score (nSPS) is 20.1. The van der Waals surface area contributed by atoms with Crippen LogP contribution in [0.3, 0.4) is 0 Å². The molecule has 3 heteroatoms. The summed E-state index contributed by atoms with van der Waals surface area (Å²) >= 11 is 0. The van der Waals surface area contributed by atoms with E-state index < -0.39 is 0 Å². The zero-order valence-electron chi connectivity index (χ0n) is 8.73. The molecule has 78 valence electrons. The first kappa shape index (κ1) is 10.0. The molecule has 0 spiro atoms. The molecular formula is C12H14N2O. The van der Waals surface area contributed by atoms with E-state index in [1.54, 1.807) is 0 Å². The van der Waals surface area contributed by atoms with Gasteiger partial charge in [0.25, 0.3) is 0 Å². The van der Waals surface area contributed by atoms with Crippen LogP contribution in [-0.2, 0) is 0 Å². The molecule has 1 aromatic rings. The fourth-order valence-corrected chi connectivity index (χ4v) is 1.84. The molecule has 2 atom stereocenters. The first-order valence-electron chi connectivity index (χ1n) is 5.16. The maximum atomic E-state index is 8.58. The van der Waals surface area contributed by atoms with Crippen molar-refractivity contribution in [3.05, 3.63) is 29.8 Å². The fraction of sp³-hybridized carbons (Fsp3) is 0.417. The first-order valence-corrected chi connectivity index (χ1v) is 5.16. The quantitative estimate of drug-likeness (QED) is 0.815. The lowest BCUT2D eigenvalue weighted by Crippen LogP contribution is -2.31. The lowest BCUT2D eigenvalue weighted by Gasteiger charge is -2.15. The van der Waals surface area contributed by atoms with Crippen LogP contribution >= 0.6 is 0 Å². The standard InChI is InChI=1S/C12H14N2O/c1-9(6-7-13)14-11-8-15-12-5-3-2-4-10(11)12/h2-5,9,11,14H,6,8H2,1H3. The molecule has 0 fully saturated rings. The number of ether oxygens (including phenoxy) is 1. The predicted molar refractivity (Wildman–Crippen MR) is 57.5 cm³/mol. The molecule has 15 heavy (non-hydrogen) atoms. The molecule has 3 nitrogen and oxygen atoms in total. The van der Waals surface area contributed by atoms with Crippen LogP contribution in [0.1, 0.15) is 24.9 Å². The van der Waals surface area contributed by atoms with Crippen LogP contribution in [0.2, 0.25) is 0 Å². The fourth-order valence-electron chi connectivity index (χ4n) is 1.84. The minimum absolute atomic E-state index is 0.203. The average molecular weight is 202 g/mol. The number of hydrogen-bond donors (Lipinski definition) is 1. The Morgan fingerprint density at radius 3 is 3.20 bits per heavy atom. The second-order valence-electron chi connectivity index (χ2n) is 3.83. The Hall–Kier alpha value is -1.53. The maximum Gasteiger partial charge on any atom is 0.124 e. The summed E-state index contributed by atoms with van der Waals surface area (Å²) in [5.41, 5.74) is 1.20. The zero-order chi connectivity index (χ0) is 10.7. The lowest BCUT2D eigenvalue weighted by molar-refractivity contribution is 0.300. The molecule has 0 aliphatic carbocycles. The third-order valence-corrected chi connectivity index (χ3v) is 2.58. The summed E-state index contributed by atoms with van der Waals surface area (Å²) in [6.07, 6.45) is 0.526. The smallest absolute Gasteiger partial charge is 0.124 e. The second-order valence-corrected chi connectivity index (χ2v) is 3.83. The van der Waals surface area contributed by atoms with Gasteiger partial charge in [-0.05, 0) is 13.0 Å². The number of fused-ring (bicyclic) bond motifs is 1. The van der Waals surface area contributed by atoms with Crippen molar-refractivity contribution >= 4 is 0 Å². The number of nitrogens with one attached hydrogen (secondary N) is 1. The number of benzene rings is 1. The van der Waals surface area contributed by atoms with Crippen molar-refractivity contribution in [2.75, 3.05) is 6.61 Å². The van der Waals surface area contributed by atoms with Gasteiger partial charge >= 0.3 is 0 Å². The summed E-state index contributed by atoms with van der Waals surface area (Å²) in [4.78, 5) is 0. The summed E-state index contributed by atoms with van der Waals surface area (Å²) in [6, 6.07) is 10.6. The number of para-hydroxylation sites is 1. The molecule has 0 aromatic heterocycles. The summed E-state index contributed by atoms with van der Waals surface area (Å²) in [7, 11) is 0. The van der Waals surface area contributed by atoms with Crippen LogP contribution in [0.4, 0.5) is 0 Å². The van der Waals surface area contributed by atoms with Gasteiger partial charge in [-0.25, -0.2) is 0 Å². The molecule has 0 radical (unpaired) electrons. The number of nitrogens with zero attached hydrogens (tertiary/aromatic N) is 1. The van der Waals surface area contributed by atoms with Gasteiger partial charge in [0.15, 0.2) is 0 Å². The van der Waals surface area contributed by atoms with E-state index in [-0.39, 0.29) is 12.1 Å². The van der Waals surface area contributed by atoms with E-state index in [1.165, 1.54) is 5.56 Å². The van der Waals surface area contributed by atoms with Crippen LogP contribution in [0.15, 0.2) is 24.3 Å². The van der Waals surface area contributed by atoms with E-state index in [0.717, 1.165) is 5.75 Å². The van der Waals surface area contributed by atoms with Gasteiger partial charge in [-0.3, -0.25) is 0 Å². The number of hydrogen-bond acceptors (Lipinski definition) is 3. The van der Waals surface area contributed by atoms with Gasteiger partial charge in [0.05, 0.1) is 18.5 Å². The minimum Gasteiger partial charge on any atom is -0.491 e. The minimum atomic E-state index is 0.203. The molecule has 1 aliphatic rings. The number of nitriles is 1. The zero-order valence-corrected chi connectivity index (χ0v) is 8.73. The molecule has 1 N–H and O–H groups in total. The first-order chi connectivity index (χ1) is 7.31. The van der Waals surface area contributed by atoms with E-state index in [1.807, 2.05) is 25.1 Å². The maximum absolute atomic E-state index is 8.58. The molecule has 1 aliphatic heterocycles. The van der Waals surface area contributed by atoms with E-state index in [0.29, 0.717) is 13.0 Å². The molecule has 2 unspecified atom stereocenters. The summed E-state index contributed by atoms with van der Waals surface area (Å²) in [5.74, 6) is 0.958. The van der Waals surface area contributed by atoms with Gasteiger partial charge in [0.1, 0.15) is 12.4 Å². The molecule has 0 bridgehead atoms. The highest BCUT2D eigenvalue weighted by Crippen LogP contribution is 2.31. The summed E-state index contributed by atoms with van der Waals surface area (Å²) in [5, 5.41) is 12.0. The van der Waals surface area contributed by atoms with Crippen LogP contribution in [0.25, 0.3) is 0 Å². The Morgan fingerprint density at radius 2 is 2.40 bits per heavy atom. The van der Waals surface area contributed by atoms with Gasteiger partial charge in [-0.2, -0.15) is 5.26 Å². The van der Waals surface area contributed by atoms with E-state index in [2.05, 4.69) is 17.5 Å². The van der Waals surface area contributed by atoms with Gasteiger partial charge in [0.2, 0.25) is 0 Å². The molecular weight excluding hydrogens is 188 g/mol. The van der Waals surface area contributed by atoms with Gasteiger partial charge in [-0.15, -0.1) is 0 Å². The Bertz CT molecular complexity index is 383. The molecule has 1 aromatic carbocycles. The molecule has 0 amide bonds. The van der Waals surface area contributed by atoms with Crippen molar-refractivity contribution in [2.24, 2.45) is 0 Å². The van der Waals surface area contributed by atoms with Crippen molar-refractivity contribution in [3.63, 3.8) is 0 Å². The Morgan fingerprint density at radius 1 is 1.60 bits per heavy atom. The Balaban J connectivity index is 2.05. The Kier molecular flexibility index (Phi) is 2.89. The van der Waals surface area contributed by atoms with Crippen molar-refractivity contribution in [2.45, 2.75) is 25.4 Å². The van der Waals surface area contributed by atoms with Crippen LogP contribution in [0, 0.1) is 11.3 Å². The highest BCUT2D eigenvalue weighted by molar-refractivity contribution is 5.39. The third-order valence-electron chi connectivity index (χ3n) is 2.58. The van der Waals surface area contributed by atoms with Gasteiger partial charge < -0.3 is 10.1 Å². The Labute approximate surface area is 89.7 Å². The lowest BCUT2D eigenvalue weighted by atomic mass is 10.1. The van der Waals surface area contributed by atoms with Crippen LogP contribution in [0.5, 0.6) is 5.75 Å². The number of rotatable bonds is 3. The summed E-state index contributed by atoms with van der Waals surface area (Å²) < 4.78 is 5.54. The van der Waals surface area contributed by atoms with Gasteiger partial charge in [0, 0.05) is 11.6 Å². The predicted octanol–water partition coefficient (Wildman–Crippen LogP) is 2.01. The van der Waals surface area contributed by atoms with Crippen molar-refractivity contribution < 1.29 is 4.74 Å². The van der Waals surface area contributed by atoms with Crippen LogP contribution in [-0.4, -0.2) is 12.6 Å².